The van der Waals surface area contributed by atoms with Crippen molar-refractivity contribution in [3.63, 3.8) is 0 Å². The van der Waals surface area contributed by atoms with E-state index < -0.39 is 23.5 Å². The van der Waals surface area contributed by atoms with Crippen molar-refractivity contribution in [2.75, 3.05) is 19.8 Å². The first-order valence-corrected chi connectivity index (χ1v) is 10.8. The molecule has 170 valence electrons. The number of amides is 1. The van der Waals surface area contributed by atoms with Gasteiger partial charge in [0.2, 0.25) is 0 Å². The molecule has 0 radical (unpaired) electrons. The number of rotatable bonds is 8. The van der Waals surface area contributed by atoms with Gasteiger partial charge in [0.15, 0.2) is 22.1 Å². The number of fused-ring (bicyclic) bond motifs is 1. The number of hydrogen-bond acceptors (Lipinski definition) is 6. The number of ether oxygens (including phenoxy) is 3. The van der Waals surface area contributed by atoms with Crippen molar-refractivity contribution >= 4 is 33.4 Å². The molecular weight excluding hydrogens is 442 g/mol. The van der Waals surface area contributed by atoms with Gasteiger partial charge in [0.1, 0.15) is 12.4 Å². The minimum absolute atomic E-state index is 0.0299. The van der Waals surface area contributed by atoms with Gasteiger partial charge in [-0.1, -0.05) is 11.3 Å². The van der Waals surface area contributed by atoms with Crippen LogP contribution in [0.3, 0.4) is 0 Å². The van der Waals surface area contributed by atoms with E-state index in [1.165, 1.54) is 16.7 Å². The Kier molecular flexibility index (Phi) is 7.57. The summed E-state index contributed by atoms with van der Waals surface area (Å²) in [7, 11) is 0. The molecular formula is C22H22F2N2O5S. The van der Waals surface area contributed by atoms with Crippen LogP contribution in [0, 0.1) is 11.6 Å². The average molecular weight is 464 g/mol. The summed E-state index contributed by atoms with van der Waals surface area (Å²) in [4.78, 5) is 29.1. The van der Waals surface area contributed by atoms with Crippen LogP contribution >= 0.6 is 11.3 Å². The van der Waals surface area contributed by atoms with Crippen molar-refractivity contribution in [3.8, 4) is 11.5 Å². The van der Waals surface area contributed by atoms with Gasteiger partial charge >= 0.3 is 5.97 Å². The van der Waals surface area contributed by atoms with Gasteiger partial charge in [0.05, 0.1) is 30.0 Å². The summed E-state index contributed by atoms with van der Waals surface area (Å²) >= 11 is 0.893. The molecule has 0 aliphatic carbocycles. The van der Waals surface area contributed by atoms with Crippen LogP contribution in [-0.2, 0) is 16.1 Å². The van der Waals surface area contributed by atoms with Crippen molar-refractivity contribution in [1.29, 1.82) is 0 Å². The van der Waals surface area contributed by atoms with Crippen LogP contribution in [0.2, 0.25) is 0 Å². The van der Waals surface area contributed by atoms with Gasteiger partial charge in [-0.05, 0) is 45.0 Å². The van der Waals surface area contributed by atoms with Gasteiger partial charge in [-0.15, -0.1) is 0 Å². The SMILES string of the molecule is CCOC(=O)Cn1c(=NC(=O)c2ccc(OCC)c(OCC)c2)sc2cc(F)cc(F)c21. The molecule has 1 aromatic heterocycles. The summed E-state index contributed by atoms with van der Waals surface area (Å²) in [5, 5.41) is 0. The van der Waals surface area contributed by atoms with Crippen LogP contribution < -0.4 is 14.3 Å². The average Bonchev–Trinajstić information content (AvgIpc) is 3.06. The Hall–Kier alpha value is -3.27. The molecule has 3 rings (SSSR count). The predicted octanol–water partition coefficient (Wildman–Crippen LogP) is 4.08. The second kappa shape index (κ2) is 10.4. The van der Waals surface area contributed by atoms with Crippen molar-refractivity contribution in [3.05, 3.63) is 52.3 Å². The third-order valence-electron chi connectivity index (χ3n) is 4.28. The van der Waals surface area contributed by atoms with E-state index in [1.54, 1.807) is 19.9 Å². The highest BCUT2D eigenvalue weighted by Gasteiger charge is 2.18. The molecule has 0 fully saturated rings. The summed E-state index contributed by atoms with van der Waals surface area (Å²) in [6.07, 6.45) is 0. The fourth-order valence-electron chi connectivity index (χ4n) is 3.03. The number of hydrogen-bond donors (Lipinski definition) is 0. The first kappa shape index (κ1) is 23.4. The van der Waals surface area contributed by atoms with E-state index >= 15 is 0 Å². The molecule has 0 N–H and O–H groups in total. The largest absolute Gasteiger partial charge is 0.490 e. The first-order chi connectivity index (χ1) is 15.4. The maximum absolute atomic E-state index is 14.5. The van der Waals surface area contributed by atoms with Crippen LogP contribution in [0.5, 0.6) is 11.5 Å². The van der Waals surface area contributed by atoms with E-state index in [1.807, 2.05) is 6.92 Å². The number of benzene rings is 2. The van der Waals surface area contributed by atoms with Gasteiger partial charge in [0.25, 0.3) is 5.91 Å². The molecule has 2 aromatic carbocycles. The topological polar surface area (TPSA) is 79.1 Å². The van der Waals surface area contributed by atoms with Gasteiger partial charge in [-0.2, -0.15) is 4.99 Å². The van der Waals surface area contributed by atoms with Crippen LogP contribution in [0.4, 0.5) is 8.78 Å². The zero-order chi connectivity index (χ0) is 23.3. The van der Waals surface area contributed by atoms with E-state index in [2.05, 4.69) is 4.99 Å². The third-order valence-corrected chi connectivity index (χ3v) is 5.30. The van der Waals surface area contributed by atoms with Crippen molar-refractivity contribution in [2.24, 2.45) is 4.99 Å². The standard InChI is InChI=1S/C22H22F2N2O5S/c1-4-29-16-8-7-13(9-17(16)30-5-2)21(28)25-22-26(12-19(27)31-6-3)20-15(24)10-14(23)11-18(20)32-22/h7-11H,4-6,12H2,1-3H3. The van der Waals surface area contributed by atoms with Crippen LogP contribution in [0.15, 0.2) is 35.3 Å². The zero-order valence-electron chi connectivity index (χ0n) is 17.8. The van der Waals surface area contributed by atoms with Crippen molar-refractivity contribution < 1.29 is 32.6 Å². The Balaban J connectivity index is 2.10. The monoisotopic (exact) mass is 464 g/mol. The fourth-order valence-corrected chi connectivity index (χ4v) is 4.10. The minimum Gasteiger partial charge on any atom is -0.490 e. The molecule has 0 saturated heterocycles. The van der Waals surface area contributed by atoms with E-state index in [0.29, 0.717) is 30.8 Å². The molecule has 0 bridgehead atoms. The molecule has 0 spiro atoms. The maximum Gasteiger partial charge on any atom is 0.326 e. The molecule has 0 atom stereocenters. The molecule has 1 amide bonds. The number of aromatic nitrogens is 1. The highest BCUT2D eigenvalue weighted by atomic mass is 32.1. The molecule has 7 nitrogen and oxygen atoms in total. The number of carbonyl (C=O) groups excluding carboxylic acids is 2. The Morgan fingerprint density at radius 2 is 1.72 bits per heavy atom. The third kappa shape index (κ3) is 5.13. The molecule has 3 aromatic rings. The second-order valence-electron chi connectivity index (χ2n) is 6.45. The minimum atomic E-state index is -0.867. The lowest BCUT2D eigenvalue weighted by molar-refractivity contribution is -0.143. The lowest BCUT2D eigenvalue weighted by Gasteiger charge is -2.11. The number of esters is 1. The van der Waals surface area contributed by atoms with Crippen molar-refractivity contribution in [2.45, 2.75) is 27.3 Å². The Labute approximate surface area is 186 Å². The number of thiazole rings is 1. The van der Waals surface area contributed by atoms with Crippen LogP contribution in [0.1, 0.15) is 31.1 Å². The fraction of sp³-hybridized carbons (Fsp3) is 0.318. The molecule has 0 aliphatic heterocycles. The predicted molar refractivity (Wildman–Crippen MR) is 115 cm³/mol. The molecule has 32 heavy (non-hydrogen) atoms. The van der Waals surface area contributed by atoms with E-state index in [9.17, 15) is 18.4 Å². The zero-order valence-corrected chi connectivity index (χ0v) is 18.6. The highest BCUT2D eigenvalue weighted by molar-refractivity contribution is 7.16. The summed E-state index contributed by atoms with van der Waals surface area (Å²) < 4.78 is 45.6. The normalized spacial score (nSPS) is 11.6. The van der Waals surface area contributed by atoms with E-state index in [0.717, 1.165) is 17.4 Å². The molecule has 10 heteroatoms. The summed E-state index contributed by atoms with van der Waals surface area (Å²) in [6, 6.07) is 6.47. The molecule has 1 heterocycles. The summed E-state index contributed by atoms with van der Waals surface area (Å²) in [5.74, 6) is -2.04. The smallest absolute Gasteiger partial charge is 0.326 e. The van der Waals surface area contributed by atoms with Gasteiger partial charge in [-0.25, -0.2) is 8.78 Å². The Morgan fingerprint density at radius 1 is 1.00 bits per heavy atom. The molecule has 0 saturated carbocycles. The molecule has 0 aliphatic rings. The van der Waals surface area contributed by atoms with Gasteiger partial charge in [0, 0.05) is 11.6 Å². The van der Waals surface area contributed by atoms with Crippen LogP contribution in [0.25, 0.3) is 10.2 Å². The molecule has 0 unspecified atom stereocenters. The van der Waals surface area contributed by atoms with Crippen LogP contribution in [-0.4, -0.2) is 36.3 Å². The van der Waals surface area contributed by atoms with Crippen molar-refractivity contribution in [1.82, 2.24) is 4.57 Å². The number of carbonyl (C=O) groups is 2. The first-order valence-electron chi connectivity index (χ1n) is 10.0. The Morgan fingerprint density at radius 3 is 2.41 bits per heavy atom. The number of halogens is 2. The van der Waals surface area contributed by atoms with Gasteiger partial charge in [-0.3, -0.25) is 9.59 Å². The second-order valence-corrected chi connectivity index (χ2v) is 7.46. The quantitative estimate of drug-likeness (QED) is 0.470. The Bertz CT molecular complexity index is 1220. The maximum atomic E-state index is 14.5. The van der Waals surface area contributed by atoms with Gasteiger partial charge < -0.3 is 18.8 Å². The van der Waals surface area contributed by atoms with E-state index in [-0.39, 0.29) is 33.7 Å². The summed E-state index contributed by atoms with van der Waals surface area (Å²) in [5.41, 5.74) is 0.182. The number of nitrogens with zero attached hydrogens (tertiary/aromatic N) is 2. The van der Waals surface area contributed by atoms with E-state index in [4.69, 9.17) is 14.2 Å². The highest BCUT2D eigenvalue weighted by Crippen LogP contribution is 2.29. The summed E-state index contributed by atoms with van der Waals surface area (Å²) in [6.45, 7) is 5.83. The lowest BCUT2D eigenvalue weighted by atomic mass is 10.2. The lowest BCUT2D eigenvalue weighted by Crippen LogP contribution is -2.23.